The molecule has 1 aliphatic rings. The maximum atomic E-state index is 8.94. The van der Waals surface area contributed by atoms with Gasteiger partial charge in [-0.3, -0.25) is 0 Å². The second-order valence-electron chi connectivity index (χ2n) is 5.66. The molecule has 2 nitrogen and oxygen atoms in total. The van der Waals surface area contributed by atoms with Crippen LogP contribution in [0.25, 0.3) is 0 Å². The number of anilines is 1. The largest absolute Gasteiger partial charge is 0.382 e. The molecule has 3 atom stereocenters. The lowest BCUT2D eigenvalue weighted by molar-refractivity contribution is 0.253. The Bertz CT molecular complexity index is 459. The van der Waals surface area contributed by atoms with E-state index in [1.807, 2.05) is 19.1 Å². The van der Waals surface area contributed by atoms with Gasteiger partial charge >= 0.3 is 0 Å². The smallest absolute Gasteiger partial charge is 0.0994 e. The molecule has 0 amide bonds. The summed E-state index contributed by atoms with van der Waals surface area (Å²) in [6, 6.07) is 8.81. The van der Waals surface area contributed by atoms with Crippen molar-refractivity contribution in [3.05, 3.63) is 29.3 Å². The molecule has 96 valence electrons. The Labute approximate surface area is 110 Å². The molecule has 0 bridgehead atoms. The van der Waals surface area contributed by atoms with E-state index in [4.69, 9.17) is 5.26 Å². The summed E-state index contributed by atoms with van der Waals surface area (Å²) >= 11 is 0. The highest BCUT2D eigenvalue weighted by atomic mass is 14.9. The van der Waals surface area contributed by atoms with Crippen LogP contribution in [0, 0.1) is 30.1 Å². The maximum absolute atomic E-state index is 8.94. The molecule has 1 aliphatic carbocycles. The van der Waals surface area contributed by atoms with Crippen LogP contribution in [0.4, 0.5) is 5.69 Å². The molecule has 0 saturated heterocycles. The van der Waals surface area contributed by atoms with Crippen molar-refractivity contribution >= 4 is 5.69 Å². The minimum Gasteiger partial charge on any atom is -0.382 e. The summed E-state index contributed by atoms with van der Waals surface area (Å²) in [5, 5.41) is 12.6. The van der Waals surface area contributed by atoms with Crippen molar-refractivity contribution in [3.63, 3.8) is 0 Å². The predicted octanol–water partition coefficient (Wildman–Crippen LogP) is 4.10. The molecule has 1 N–H and O–H groups in total. The van der Waals surface area contributed by atoms with Gasteiger partial charge in [0.15, 0.2) is 0 Å². The van der Waals surface area contributed by atoms with Gasteiger partial charge in [0.1, 0.15) is 0 Å². The molecule has 0 radical (unpaired) electrons. The number of rotatable bonds is 2. The van der Waals surface area contributed by atoms with E-state index in [-0.39, 0.29) is 0 Å². The summed E-state index contributed by atoms with van der Waals surface area (Å²) in [6.07, 6.45) is 3.93. The standard InChI is InChI=1S/C16H22N2/c1-11-5-4-6-16(13(11)3)18-15-8-7-14(10-17)12(2)9-15/h7-9,11,13,16,18H,4-6H2,1-3H3. The molecule has 0 heterocycles. The van der Waals surface area contributed by atoms with Gasteiger partial charge in [0.25, 0.3) is 0 Å². The Kier molecular flexibility index (Phi) is 3.91. The van der Waals surface area contributed by atoms with Gasteiger partial charge < -0.3 is 5.32 Å². The third kappa shape index (κ3) is 2.67. The van der Waals surface area contributed by atoms with E-state index in [1.165, 1.54) is 19.3 Å². The zero-order valence-corrected chi connectivity index (χ0v) is 11.5. The zero-order chi connectivity index (χ0) is 13.1. The van der Waals surface area contributed by atoms with Gasteiger partial charge in [0, 0.05) is 11.7 Å². The van der Waals surface area contributed by atoms with Crippen LogP contribution in [0.3, 0.4) is 0 Å². The molecule has 1 fully saturated rings. The fourth-order valence-electron chi connectivity index (χ4n) is 2.88. The predicted molar refractivity (Wildman–Crippen MR) is 75.5 cm³/mol. The van der Waals surface area contributed by atoms with Gasteiger partial charge in [-0.25, -0.2) is 0 Å². The van der Waals surface area contributed by atoms with E-state index in [1.54, 1.807) is 0 Å². The van der Waals surface area contributed by atoms with Crippen LogP contribution in [0.15, 0.2) is 18.2 Å². The minimum atomic E-state index is 0.570. The summed E-state index contributed by atoms with van der Waals surface area (Å²) in [5.41, 5.74) is 2.97. The molecule has 3 unspecified atom stereocenters. The highest BCUT2D eigenvalue weighted by molar-refractivity contribution is 5.52. The Balaban J connectivity index is 2.09. The van der Waals surface area contributed by atoms with Gasteiger partial charge in [0.2, 0.25) is 0 Å². The van der Waals surface area contributed by atoms with Gasteiger partial charge in [0.05, 0.1) is 11.6 Å². The molecule has 1 aromatic rings. The first kappa shape index (κ1) is 13.0. The van der Waals surface area contributed by atoms with Crippen LogP contribution in [0.5, 0.6) is 0 Å². The van der Waals surface area contributed by atoms with Crippen molar-refractivity contribution in [1.82, 2.24) is 0 Å². The number of hydrogen-bond acceptors (Lipinski definition) is 2. The van der Waals surface area contributed by atoms with Crippen molar-refractivity contribution in [2.75, 3.05) is 5.32 Å². The average molecular weight is 242 g/mol. The normalized spacial score (nSPS) is 27.6. The molecular formula is C16H22N2. The molecule has 18 heavy (non-hydrogen) atoms. The van der Waals surface area contributed by atoms with Crippen molar-refractivity contribution in [2.24, 2.45) is 11.8 Å². The molecular weight excluding hydrogens is 220 g/mol. The summed E-state index contributed by atoms with van der Waals surface area (Å²) in [6.45, 7) is 6.69. The fraction of sp³-hybridized carbons (Fsp3) is 0.562. The summed E-state index contributed by atoms with van der Waals surface area (Å²) < 4.78 is 0. The third-order valence-electron chi connectivity index (χ3n) is 4.41. The lowest BCUT2D eigenvalue weighted by Crippen LogP contribution is -2.35. The number of benzene rings is 1. The number of aryl methyl sites for hydroxylation is 1. The maximum Gasteiger partial charge on any atom is 0.0994 e. The van der Waals surface area contributed by atoms with E-state index in [0.29, 0.717) is 6.04 Å². The SMILES string of the molecule is Cc1cc(NC2CCCC(C)C2C)ccc1C#N. The Morgan fingerprint density at radius 3 is 2.72 bits per heavy atom. The first-order valence-corrected chi connectivity index (χ1v) is 6.89. The molecule has 0 spiro atoms. The highest BCUT2D eigenvalue weighted by Crippen LogP contribution is 2.31. The Morgan fingerprint density at radius 1 is 1.28 bits per heavy atom. The minimum absolute atomic E-state index is 0.570. The lowest BCUT2D eigenvalue weighted by atomic mass is 9.78. The monoisotopic (exact) mass is 242 g/mol. The highest BCUT2D eigenvalue weighted by Gasteiger charge is 2.26. The summed E-state index contributed by atoms with van der Waals surface area (Å²) in [4.78, 5) is 0. The first-order valence-electron chi connectivity index (χ1n) is 6.89. The van der Waals surface area contributed by atoms with Crippen LogP contribution < -0.4 is 5.32 Å². The summed E-state index contributed by atoms with van der Waals surface area (Å²) in [5.74, 6) is 1.52. The van der Waals surface area contributed by atoms with Crippen LogP contribution in [0.1, 0.15) is 44.2 Å². The van der Waals surface area contributed by atoms with Crippen molar-refractivity contribution in [2.45, 2.75) is 46.1 Å². The second kappa shape index (κ2) is 5.44. The lowest BCUT2D eigenvalue weighted by Gasteiger charge is -2.35. The van der Waals surface area contributed by atoms with Crippen LogP contribution in [0.2, 0.25) is 0 Å². The zero-order valence-electron chi connectivity index (χ0n) is 11.5. The Hall–Kier alpha value is -1.49. The molecule has 0 aliphatic heterocycles. The van der Waals surface area contributed by atoms with Gasteiger partial charge in [-0.15, -0.1) is 0 Å². The van der Waals surface area contributed by atoms with Crippen LogP contribution >= 0.6 is 0 Å². The van der Waals surface area contributed by atoms with Gasteiger partial charge in [-0.2, -0.15) is 5.26 Å². The molecule has 2 rings (SSSR count). The van der Waals surface area contributed by atoms with Crippen molar-refractivity contribution in [1.29, 1.82) is 5.26 Å². The topological polar surface area (TPSA) is 35.8 Å². The van der Waals surface area contributed by atoms with E-state index in [0.717, 1.165) is 28.7 Å². The van der Waals surface area contributed by atoms with Crippen LogP contribution in [-0.4, -0.2) is 6.04 Å². The molecule has 1 saturated carbocycles. The van der Waals surface area contributed by atoms with E-state index in [2.05, 4.69) is 31.3 Å². The fourth-order valence-corrected chi connectivity index (χ4v) is 2.88. The third-order valence-corrected chi connectivity index (χ3v) is 4.41. The van der Waals surface area contributed by atoms with Crippen molar-refractivity contribution < 1.29 is 0 Å². The molecule has 2 heteroatoms. The molecule has 1 aromatic carbocycles. The number of nitriles is 1. The van der Waals surface area contributed by atoms with Crippen LogP contribution in [-0.2, 0) is 0 Å². The quantitative estimate of drug-likeness (QED) is 0.847. The van der Waals surface area contributed by atoms with E-state index >= 15 is 0 Å². The first-order chi connectivity index (χ1) is 8.61. The number of hydrogen-bond donors (Lipinski definition) is 1. The van der Waals surface area contributed by atoms with Gasteiger partial charge in [-0.1, -0.05) is 26.7 Å². The van der Waals surface area contributed by atoms with E-state index < -0.39 is 0 Å². The molecule has 0 aromatic heterocycles. The second-order valence-corrected chi connectivity index (χ2v) is 5.66. The Morgan fingerprint density at radius 2 is 2.06 bits per heavy atom. The van der Waals surface area contributed by atoms with E-state index in [9.17, 15) is 0 Å². The van der Waals surface area contributed by atoms with Gasteiger partial charge in [-0.05, 0) is 48.9 Å². The number of nitrogens with zero attached hydrogens (tertiary/aromatic N) is 1. The summed E-state index contributed by atoms with van der Waals surface area (Å²) in [7, 11) is 0. The van der Waals surface area contributed by atoms with Crippen molar-refractivity contribution in [3.8, 4) is 6.07 Å². The number of nitrogens with one attached hydrogen (secondary N) is 1. The average Bonchev–Trinajstić information content (AvgIpc) is 2.35.